The number of nitrogens with zero attached hydrogens (tertiary/aromatic N) is 2. The Morgan fingerprint density at radius 3 is 2.63 bits per heavy atom. The average molecular weight is 261 g/mol. The highest BCUT2D eigenvalue weighted by Gasteiger charge is 2.27. The molecule has 1 aromatic heterocycles. The van der Waals surface area contributed by atoms with E-state index >= 15 is 0 Å². The molecule has 0 atom stereocenters. The lowest BCUT2D eigenvalue weighted by Gasteiger charge is -2.30. The van der Waals surface area contributed by atoms with E-state index in [1.807, 2.05) is 4.90 Å². The number of hydrogen-bond donors (Lipinski definition) is 1. The zero-order chi connectivity index (χ0) is 13.8. The summed E-state index contributed by atoms with van der Waals surface area (Å²) in [5, 5.41) is 0. The minimum absolute atomic E-state index is 0.0908. The molecule has 0 saturated heterocycles. The smallest absolute Gasteiger partial charge is 0.255 e. The Morgan fingerprint density at radius 2 is 2.11 bits per heavy atom. The number of amides is 1. The molecule has 104 valence electrons. The summed E-state index contributed by atoms with van der Waals surface area (Å²) in [5.41, 5.74) is 6.21. The van der Waals surface area contributed by atoms with Crippen molar-refractivity contribution in [3.05, 3.63) is 23.9 Å². The molecule has 0 unspecified atom stereocenters. The summed E-state index contributed by atoms with van der Waals surface area (Å²) < 4.78 is 0. The standard InChI is InChI=1S/C15H23N3O/c1-11(2)10-18(13-5-3-4-6-13)15(19)12-7-8-14(16)17-9-12/h7-9,11,13H,3-6,10H2,1-2H3,(H2,16,17). The fourth-order valence-corrected chi connectivity index (χ4v) is 2.70. The van der Waals surface area contributed by atoms with Crippen molar-refractivity contribution in [2.75, 3.05) is 12.3 Å². The average Bonchev–Trinajstić information content (AvgIpc) is 2.89. The number of nitrogen functional groups attached to an aromatic ring is 1. The molecule has 0 aliphatic heterocycles. The van der Waals surface area contributed by atoms with E-state index in [1.165, 1.54) is 12.8 Å². The molecule has 1 amide bonds. The van der Waals surface area contributed by atoms with Crippen LogP contribution in [0.15, 0.2) is 18.3 Å². The zero-order valence-corrected chi connectivity index (χ0v) is 11.8. The van der Waals surface area contributed by atoms with Gasteiger partial charge in [-0.1, -0.05) is 26.7 Å². The Hall–Kier alpha value is -1.58. The van der Waals surface area contributed by atoms with Crippen molar-refractivity contribution in [1.82, 2.24) is 9.88 Å². The van der Waals surface area contributed by atoms with Gasteiger partial charge in [0.1, 0.15) is 5.82 Å². The van der Waals surface area contributed by atoms with E-state index in [9.17, 15) is 4.79 Å². The molecule has 1 heterocycles. The first-order valence-corrected chi connectivity index (χ1v) is 7.10. The number of hydrogen-bond acceptors (Lipinski definition) is 3. The van der Waals surface area contributed by atoms with Crippen LogP contribution < -0.4 is 5.73 Å². The molecule has 1 saturated carbocycles. The molecular formula is C15H23N3O. The van der Waals surface area contributed by atoms with Gasteiger partial charge in [0.25, 0.3) is 5.91 Å². The topological polar surface area (TPSA) is 59.2 Å². The largest absolute Gasteiger partial charge is 0.384 e. The van der Waals surface area contributed by atoms with Gasteiger partial charge in [0.2, 0.25) is 0 Å². The van der Waals surface area contributed by atoms with Crippen LogP contribution in [0.25, 0.3) is 0 Å². The summed E-state index contributed by atoms with van der Waals surface area (Å²) >= 11 is 0. The molecule has 0 aromatic carbocycles. The second-order valence-corrected chi connectivity index (χ2v) is 5.76. The quantitative estimate of drug-likeness (QED) is 0.906. The molecule has 1 aliphatic rings. The maximum absolute atomic E-state index is 12.6. The highest BCUT2D eigenvalue weighted by atomic mass is 16.2. The minimum Gasteiger partial charge on any atom is -0.384 e. The monoisotopic (exact) mass is 261 g/mol. The predicted molar refractivity (Wildman–Crippen MR) is 76.8 cm³/mol. The lowest BCUT2D eigenvalue weighted by molar-refractivity contribution is 0.0655. The summed E-state index contributed by atoms with van der Waals surface area (Å²) in [6, 6.07) is 3.86. The predicted octanol–water partition coefficient (Wildman–Crippen LogP) is 2.70. The number of carbonyl (C=O) groups is 1. The summed E-state index contributed by atoms with van der Waals surface area (Å²) in [6.45, 7) is 5.11. The minimum atomic E-state index is 0.0908. The van der Waals surface area contributed by atoms with Crippen LogP contribution in [-0.2, 0) is 0 Å². The van der Waals surface area contributed by atoms with Gasteiger partial charge in [-0.2, -0.15) is 0 Å². The molecule has 4 heteroatoms. The second-order valence-electron chi connectivity index (χ2n) is 5.76. The van der Waals surface area contributed by atoms with Gasteiger partial charge in [0.15, 0.2) is 0 Å². The normalized spacial score (nSPS) is 15.9. The van der Waals surface area contributed by atoms with Gasteiger partial charge in [0.05, 0.1) is 5.56 Å². The summed E-state index contributed by atoms with van der Waals surface area (Å²) in [7, 11) is 0. The van der Waals surface area contributed by atoms with E-state index in [0.29, 0.717) is 23.3 Å². The number of nitrogens with two attached hydrogens (primary N) is 1. The fraction of sp³-hybridized carbons (Fsp3) is 0.600. The lowest BCUT2D eigenvalue weighted by Crippen LogP contribution is -2.41. The van der Waals surface area contributed by atoms with Crippen molar-refractivity contribution >= 4 is 11.7 Å². The first-order valence-electron chi connectivity index (χ1n) is 7.10. The van der Waals surface area contributed by atoms with Gasteiger partial charge in [-0.05, 0) is 30.9 Å². The first kappa shape index (κ1) is 13.8. The van der Waals surface area contributed by atoms with E-state index in [0.717, 1.165) is 19.4 Å². The molecule has 19 heavy (non-hydrogen) atoms. The maximum atomic E-state index is 12.6. The third-order valence-electron chi connectivity index (χ3n) is 3.62. The van der Waals surface area contributed by atoms with Gasteiger partial charge in [-0.25, -0.2) is 4.98 Å². The summed E-state index contributed by atoms with van der Waals surface area (Å²) in [6.07, 6.45) is 6.29. The van der Waals surface area contributed by atoms with Crippen LogP contribution >= 0.6 is 0 Å². The van der Waals surface area contributed by atoms with Gasteiger partial charge >= 0.3 is 0 Å². The molecule has 1 aliphatic carbocycles. The molecule has 2 N–H and O–H groups in total. The summed E-state index contributed by atoms with van der Waals surface area (Å²) in [4.78, 5) is 18.7. The Kier molecular flexibility index (Phi) is 4.40. The van der Waals surface area contributed by atoms with Crippen molar-refractivity contribution in [3.63, 3.8) is 0 Å². The van der Waals surface area contributed by atoms with Crippen LogP contribution in [0.5, 0.6) is 0 Å². The Labute approximate surface area is 115 Å². The molecule has 0 spiro atoms. The number of carbonyl (C=O) groups excluding carboxylic acids is 1. The number of pyridine rings is 1. The number of anilines is 1. The molecule has 1 aromatic rings. The number of aromatic nitrogens is 1. The van der Waals surface area contributed by atoms with Gasteiger partial charge in [-0.15, -0.1) is 0 Å². The van der Waals surface area contributed by atoms with Crippen LogP contribution in [-0.4, -0.2) is 28.4 Å². The molecule has 0 bridgehead atoms. The fourth-order valence-electron chi connectivity index (χ4n) is 2.70. The van der Waals surface area contributed by atoms with Gasteiger partial charge < -0.3 is 10.6 Å². The Balaban J connectivity index is 2.16. The molecule has 1 fully saturated rings. The first-order chi connectivity index (χ1) is 9.08. The van der Waals surface area contributed by atoms with Gasteiger partial charge in [0, 0.05) is 18.8 Å². The van der Waals surface area contributed by atoms with Crippen molar-refractivity contribution < 1.29 is 4.79 Å². The van der Waals surface area contributed by atoms with Crippen LogP contribution in [0.3, 0.4) is 0 Å². The van der Waals surface area contributed by atoms with Gasteiger partial charge in [-0.3, -0.25) is 4.79 Å². The Morgan fingerprint density at radius 1 is 1.42 bits per heavy atom. The molecule has 4 nitrogen and oxygen atoms in total. The Bertz CT molecular complexity index is 422. The summed E-state index contributed by atoms with van der Waals surface area (Å²) in [5.74, 6) is 1.02. The van der Waals surface area contributed by atoms with E-state index < -0.39 is 0 Å². The van der Waals surface area contributed by atoms with Crippen molar-refractivity contribution in [2.45, 2.75) is 45.6 Å². The van der Waals surface area contributed by atoms with Crippen molar-refractivity contribution in [3.8, 4) is 0 Å². The maximum Gasteiger partial charge on any atom is 0.255 e. The number of rotatable bonds is 4. The zero-order valence-electron chi connectivity index (χ0n) is 11.8. The SMILES string of the molecule is CC(C)CN(C(=O)c1ccc(N)nc1)C1CCCC1. The van der Waals surface area contributed by atoms with E-state index in [2.05, 4.69) is 18.8 Å². The highest BCUT2D eigenvalue weighted by molar-refractivity contribution is 5.94. The van der Waals surface area contributed by atoms with Crippen LogP contribution in [0, 0.1) is 5.92 Å². The molecule has 2 rings (SSSR count). The van der Waals surface area contributed by atoms with Crippen LogP contribution in [0.2, 0.25) is 0 Å². The molecular weight excluding hydrogens is 238 g/mol. The highest BCUT2D eigenvalue weighted by Crippen LogP contribution is 2.25. The lowest BCUT2D eigenvalue weighted by atomic mass is 10.1. The van der Waals surface area contributed by atoms with E-state index in [1.54, 1.807) is 18.3 Å². The van der Waals surface area contributed by atoms with Crippen LogP contribution in [0.4, 0.5) is 5.82 Å². The van der Waals surface area contributed by atoms with Crippen LogP contribution in [0.1, 0.15) is 49.9 Å². The second kappa shape index (κ2) is 6.04. The van der Waals surface area contributed by atoms with E-state index in [-0.39, 0.29) is 5.91 Å². The third-order valence-corrected chi connectivity index (χ3v) is 3.62. The van der Waals surface area contributed by atoms with Crippen molar-refractivity contribution in [1.29, 1.82) is 0 Å². The molecule has 0 radical (unpaired) electrons. The van der Waals surface area contributed by atoms with E-state index in [4.69, 9.17) is 5.73 Å². The third kappa shape index (κ3) is 3.46. The van der Waals surface area contributed by atoms with Crippen molar-refractivity contribution in [2.24, 2.45) is 5.92 Å².